The molecule has 0 aliphatic rings. The van der Waals surface area contributed by atoms with Gasteiger partial charge in [0.2, 0.25) is 0 Å². The molecule has 0 bridgehead atoms. The van der Waals surface area contributed by atoms with Crippen LogP contribution in [0.5, 0.6) is 0 Å². The van der Waals surface area contributed by atoms with E-state index < -0.39 is 5.97 Å². The van der Waals surface area contributed by atoms with Crippen LogP contribution in [0.15, 0.2) is 6.20 Å². The third-order valence-corrected chi connectivity index (χ3v) is 3.59. The van der Waals surface area contributed by atoms with E-state index in [1.807, 2.05) is 0 Å². The molecule has 0 fully saturated rings. The van der Waals surface area contributed by atoms with Crippen LogP contribution < -0.4 is 5.32 Å². The van der Waals surface area contributed by atoms with Crippen molar-refractivity contribution < 1.29 is 9.90 Å². The van der Waals surface area contributed by atoms with E-state index in [0.29, 0.717) is 5.13 Å². The number of nitrogens with one attached hydrogen (secondary N) is 1. The van der Waals surface area contributed by atoms with Crippen molar-refractivity contribution in [2.45, 2.75) is 39.2 Å². The summed E-state index contributed by atoms with van der Waals surface area (Å²) in [4.78, 5) is 15.0. The Morgan fingerprint density at radius 2 is 2.20 bits per heavy atom. The van der Waals surface area contributed by atoms with Crippen LogP contribution in [0.3, 0.4) is 0 Å². The fourth-order valence-electron chi connectivity index (χ4n) is 1.12. The molecule has 1 rings (SSSR count). The molecule has 0 aliphatic carbocycles. The molecule has 1 aromatic rings. The van der Waals surface area contributed by atoms with Crippen LogP contribution in [-0.4, -0.2) is 21.6 Å². The molecule has 2 N–H and O–H groups in total. The van der Waals surface area contributed by atoms with Crippen molar-refractivity contribution >= 4 is 22.4 Å². The van der Waals surface area contributed by atoms with Crippen LogP contribution >= 0.6 is 11.3 Å². The molecular weight excluding hydrogens is 212 g/mol. The SMILES string of the molecule is CCC(C)(CC)Nc1ncc(C(=O)O)s1. The van der Waals surface area contributed by atoms with Crippen molar-refractivity contribution in [1.29, 1.82) is 0 Å². The average Bonchev–Trinajstić information content (AvgIpc) is 2.66. The highest BCUT2D eigenvalue weighted by atomic mass is 32.1. The Labute approximate surface area is 93.4 Å². The first-order valence-corrected chi connectivity index (χ1v) is 5.79. The number of hydrogen-bond acceptors (Lipinski definition) is 4. The maximum absolute atomic E-state index is 10.7. The summed E-state index contributed by atoms with van der Waals surface area (Å²) in [6.07, 6.45) is 3.35. The number of thiazole rings is 1. The van der Waals surface area contributed by atoms with Crippen LogP contribution in [0, 0.1) is 0 Å². The zero-order chi connectivity index (χ0) is 11.5. The number of hydrogen-bond donors (Lipinski definition) is 2. The monoisotopic (exact) mass is 228 g/mol. The molecule has 0 unspecified atom stereocenters. The largest absolute Gasteiger partial charge is 0.477 e. The van der Waals surface area contributed by atoms with E-state index in [-0.39, 0.29) is 10.4 Å². The van der Waals surface area contributed by atoms with Crippen molar-refractivity contribution in [2.24, 2.45) is 0 Å². The van der Waals surface area contributed by atoms with E-state index in [9.17, 15) is 4.79 Å². The van der Waals surface area contributed by atoms with Gasteiger partial charge < -0.3 is 10.4 Å². The van der Waals surface area contributed by atoms with Gasteiger partial charge in [-0.25, -0.2) is 9.78 Å². The highest BCUT2D eigenvalue weighted by Crippen LogP contribution is 2.25. The van der Waals surface area contributed by atoms with Crippen molar-refractivity contribution in [3.8, 4) is 0 Å². The molecular formula is C10H16N2O2S. The third-order valence-electron chi connectivity index (χ3n) is 2.69. The van der Waals surface area contributed by atoms with E-state index in [0.717, 1.165) is 12.8 Å². The van der Waals surface area contributed by atoms with Crippen molar-refractivity contribution in [3.63, 3.8) is 0 Å². The minimum Gasteiger partial charge on any atom is -0.477 e. The fourth-order valence-corrected chi connectivity index (χ4v) is 1.92. The summed E-state index contributed by atoms with van der Waals surface area (Å²) in [6.45, 7) is 6.30. The number of rotatable bonds is 5. The molecule has 0 saturated carbocycles. The van der Waals surface area contributed by atoms with E-state index >= 15 is 0 Å². The summed E-state index contributed by atoms with van der Waals surface area (Å²) in [5, 5.41) is 12.7. The van der Waals surface area contributed by atoms with Gasteiger partial charge in [-0.3, -0.25) is 0 Å². The van der Waals surface area contributed by atoms with Gasteiger partial charge in [-0.2, -0.15) is 0 Å². The quantitative estimate of drug-likeness (QED) is 0.813. The lowest BCUT2D eigenvalue weighted by Crippen LogP contribution is -2.32. The van der Waals surface area contributed by atoms with Crippen LogP contribution in [-0.2, 0) is 0 Å². The Balaban J connectivity index is 2.76. The standard InChI is InChI=1S/C10H16N2O2S/c1-4-10(3,5-2)12-9-11-6-7(15-9)8(13)14/h6H,4-5H2,1-3H3,(H,11,12)(H,13,14). The molecule has 0 atom stereocenters. The molecule has 1 heterocycles. The lowest BCUT2D eigenvalue weighted by atomic mass is 9.96. The lowest BCUT2D eigenvalue weighted by molar-refractivity contribution is 0.0702. The van der Waals surface area contributed by atoms with Crippen LogP contribution in [0.2, 0.25) is 0 Å². The van der Waals surface area contributed by atoms with Gasteiger partial charge in [0.05, 0.1) is 6.20 Å². The number of carbonyl (C=O) groups is 1. The second-order valence-corrected chi connectivity index (χ2v) is 4.76. The first-order chi connectivity index (χ1) is 7.00. The molecule has 0 radical (unpaired) electrons. The van der Waals surface area contributed by atoms with Crippen molar-refractivity contribution in [1.82, 2.24) is 4.98 Å². The summed E-state index contributed by atoms with van der Waals surface area (Å²) < 4.78 is 0. The Morgan fingerprint density at radius 1 is 1.60 bits per heavy atom. The van der Waals surface area contributed by atoms with Gasteiger partial charge in [-0.1, -0.05) is 25.2 Å². The summed E-state index contributed by atoms with van der Waals surface area (Å²) in [5.74, 6) is -0.921. The van der Waals surface area contributed by atoms with Gasteiger partial charge in [-0.05, 0) is 19.8 Å². The zero-order valence-corrected chi connectivity index (χ0v) is 10.0. The number of aromatic nitrogens is 1. The average molecular weight is 228 g/mol. The summed E-state index contributed by atoms with van der Waals surface area (Å²) in [7, 11) is 0. The second-order valence-electron chi connectivity index (χ2n) is 3.73. The van der Waals surface area contributed by atoms with Crippen LogP contribution in [0.25, 0.3) is 0 Å². The minimum absolute atomic E-state index is 0.00632. The minimum atomic E-state index is -0.921. The third kappa shape index (κ3) is 2.92. The number of nitrogens with zero attached hydrogens (tertiary/aromatic N) is 1. The summed E-state index contributed by atoms with van der Waals surface area (Å²) in [6, 6.07) is 0. The van der Waals surface area contributed by atoms with Gasteiger partial charge in [0.25, 0.3) is 0 Å². The Kier molecular flexibility index (Phi) is 3.68. The Bertz CT molecular complexity index is 345. The first kappa shape index (κ1) is 12.0. The molecule has 0 aliphatic heterocycles. The van der Waals surface area contributed by atoms with E-state index in [4.69, 9.17) is 5.11 Å². The predicted octanol–water partition coefficient (Wildman–Crippen LogP) is 2.83. The highest BCUT2D eigenvalue weighted by molar-refractivity contribution is 7.17. The number of anilines is 1. The zero-order valence-electron chi connectivity index (χ0n) is 9.20. The van der Waals surface area contributed by atoms with Gasteiger partial charge >= 0.3 is 5.97 Å². The maximum Gasteiger partial charge on any atom is 0.347 e. The summed E-state index contributed by atoms with van der Waals surface area (Å²) in [5.41, 5.74) is -0.00632. The molecule has 84 valence electrons. The highest BCUT2D eigenvalue weighted by Gasteiger charge is 2.21. The van der Waals surface area contributed by atoms with Crippen molar-refractivity contribution in [3.05, 3.63) is 11.1 Å². The van der Waals surface area contributed by atoms with Gasteiger partial charge in [0.15, 0.2) is 5.13 Å². The number of carboxylic acid groups (broad SMARTS) is 1. The van der Waals surface area contributed by atoms with Gasteiger partial charge in [0, 0.05) is 5.54 Å². The van der Waals surface area contributed by atoms with Crippen LogP contribution in [0.1, 0.15) is 43.3 Å². The molecule has 0 saturated heterocycles. The predicted molar refractivity (Wildman–Crippen MR) is 61.7 cm³/mol. The molecule has 0 aromatic carbocycles. The number of carboxylic acids is 1. The fraction of sp³-hybridized carbons (Fsp3) is 0.600. The van der Waals surface area contributed by atoms with E-state index in [2.05, 4.69) is 31.1 Å². The maximum atomic E-state index is 10.7. The smallest absolute Gasteiger partial charge is 0.347 e. The van der Waals surface area contributed by atoms with E-state index in [1.165, 1.54) is 17.5 Å². The lowest BCUT2D eigenvalue weighted by Gasteiger charge is -2.27. The topological polar surface area (TPSA) is 62.2 Å². The van der Waals surface area contributed by atoms with Gasteiger partial charge in [0.1, 0.15) is 4.88 Å². The van der Waals surface area contributed by atoms with Crippen LogP contribution in [0.4, 0.5) is 5.13 Å². The van der Waals surface area contributed by atoms with E-state index in [1.54, 1.807) is 0 Å². The normalized spacial score (nSPS) is 11.4. The molecule has 15 heavy (non-hydrogen) atoms. The molecule has 4 nitrogen and oxygen atoms in total. The molecule has 0 spiro atoms. The molecule has 1 aromatic heterocycles. The Hall–Kier alpha value is -1.10. The second kappa shape index (κ2) is 4.61. The summed E-state index contributed by atoms with van der Waals surface area (Å²) >= 11 is 1.18. The number of aromatic carboxylic acids is 1. The first-order valence-electron chi connectivity index (χ1n) is 4.98. The Morgan fingerprint density at radius 3 is 2.60 bits per heavy atom. The molecule has 0 amide bonds. The molecule has 5 heteroatoms. The van der Waals surface area contributed by atoms with Crippen molar-refractivity contribution in [2.75, 3.05) is 5.32 Å². The van der Waals surface area contributed by atoms with Gasteiger partial charge in [-0.15, -0.1) is 0 Å².